The number of hydrogen-bond acceptors (Lipinski definition) is 4. The van der Waals surface area contributed by atoms with Gasteiger partial charge in [0.2, 0.25) is 10.0 Å². The van der Waals surface area contributed by atoms with Gasteiger partial charge in [-0.3, -0.25) is 9.69 Å². The van der Waals surface area contributed by atoms with Crippen LogP contribution in [0, 0.1) is 6.92 Å². The van der Waals surface area contributed by atoms with Crippen LogP contribution in [0.25, 0.3) is 10.8 Å². The lowest BCUT2D eigenvalue weighted by Gasteiger charge is -2.34. The summed E-state index contributed by atoms with van der Waals surface area (Å²) in [4.78, 5) is 15.6. The van der Waals surface area contributed by atoms with Crippen molar-refractivity contribution < 1.29 is 13.2 Å². The van der Waals surface area contributed by atoms with E-state index >= 15 is 0 Å². The Kier molecular flexibility index (Phi) is 6.87. The summed E-state index contributed by atoms with van der Waals surface area (Å²) in [6, 6.07) is 28.5. The number of amides is 1. The molecular weight excluding hydrogens is 470 g/mol. The van der Waals surface area contributed by atoms with Gasteiger partial charge in [-0.05, 0) is 48.2 Å². The van der Waals surface area contributed by atoms with Crippen LogP contribution in [0.15, 0.2) is 95.9 Å². The fourth-order valence-corrected chi connectivity index (χ4v) is 6.01. The van der Waals surface area contributed by atoms with Crippen LogP contribution in [0.3, 0.4) is 0 Å². The standard InChI is InChI=1S/C29H29N3O3S/c1-22-12-14-26(15-13-22)36(34,35)32-18-16-31(17-19-32)21-23-6-4-9-25(20-23)29(33)30-28-11-5-8-24-7-2-3-10-27(24)28/h2-15,20H,16-19,21H2,1H3,(H,30,33). The van der Waals surface area contributed by atoms with Crippen LogP contribution < -0.4 is 5.32 Å². The van der Waals surface area contributed by atoms with Crippen molar-refractivity contribution in [1.29, 1.82) is 0 Å². The molecule has 0 bridgehead atoms. The molecule has 36 heavy (non-hydrogen) atoms. The average molecular weight is 500 g/mol. The third-order valence-electron chi connectivity index (χ3n) is 6.62. The number of rotatable bonds is 6. The van der Waals surface area contributed by atoms with Crippen molar-refractivity contribution in [1.82, 2.24) is 9.21 Å². The number of nitrogens with zero attached hydrogens (tertiary/aromatic N) is 2. The Bertz CT molecular complexity index is 1490. The van der Waals surface area contributed by atoms with E-state index in [4.69, 9.17) is 0 Å². The number of sulfonamides is 1. The molecule has 1 heterocycles. The van der Waals surface area contributed by atoms with Crippen LogP contribution in [-0.4, -0.2) is 49.7 Å². The first-order valence-corrected chi connectivity index (χ1v) is 13.5. The van der Waals surface area contributed by atoms with Gasteiger partial charge in [-0.25, -0.2) is 8.42 Å². The quantitative estimate of drug-likeness (QED) is 0.409. The number of carbonyl (C=O) groups is 1. The van der Waals surface area contributed by atoms with E-state index in [-0.39, 0.29) is 5.91 Å². The number of carbonyl (C=O) groups excluding carboxylic acids is 1. The number of hydrogen-bond donors (Lipinski definition) is 1. The highest BCUT2D eigenvalue weighted by Crippen LogP contribution is 2.24. The molecule has 1 fully saturated rings. The minimum Gasteiger partial charge on any atom is -0.321 e. The smallest absolute Gasteiger partial charge is 0.255 e. The highest BCUT2D eigenvalue weighted by atomic mass is 32.2. The summed E-state index contributed by atoms with van der Waals surface area (Å²) in [6.07, 6.45) is 0. The summed E-state index contributed by atoms with van der Waals surface area (Å²) < 4.78 is 27.5. The molecule has 1 N–H and O–H groups in total. The molecule has 0 atom stereocenters. The molecule has 0 saturated carbocycles. The molecule has 0 aromatic heterocycles. The Morgan fingerprint density at radius 1 is 0.833 bits per heavy atom. The zero-order chi connectivity index (χ0) is 25.1. The summed E-state index contributed by atoms with van der Waals surface area (Å²) in [5, 5.41) is 5.13. The second-order valence-corrected chi connectivity index (χ2v) is 11.1. The number of piperazine rings is 1. The second-order valence-electron chi connectivity index (χ2n) is 9.17. The van der Waals surface area contributed by atoms with E-state index in [1.54, 1.807) is 16.4 Å². The Labute approximate surface area is 212 Å². The number of benzene rings is 4. The lowest BCUT2D eigenvalue weighted by molar-refractivity contribution is 0.102. The zero-order valence-electron chi connectivity index (χ0n) is 20.2. The van der Waals surface area contributed by atoms with Crippen molar-refractivity contribution in [3.63, 3.8) is 0 Å². The Hall–Kier alpha value is -3.52. The summed E-state index contributed by atoms with van der Waals surface area (Å²) in [5.41, 5.74) is 3.44. The number of aryl methyl sites for hydroxylation is 1. The normalized spacial score (nSPS) is 15.1. The predicted molar refractivity (Wildman–Crippen MR) is 144 cm³/mol. The van der Waals surface area contributed by atoms with Gasteiger partial charge in [0.1, 0.15) is 0 Å². The third-order valence-corrected chi connectivity index (χ3v) is 8.54. The molecule has 1 amide bonds. The van der Waals surface area contributed by atoms with Crippen LogP contribution in [0.2, 0.25) is 0 Å². The van der Waals surface area contributed by atoms with E-state index in [1.165, 1.54) is 0 Å². The monoisotopic (exact) mass is 499 g/mol. The zero-order valence-corrected chi connectivity index (χ0v) is 21.0. The van der Waals surface area contributed by atoms with E-state index in [0.29, 0.717) is 43.2 Å². The summed E-state index contributed by atoms with van der Waals surface area (Å²) >= 11 is 0. The highest BCUT2D eigenvalue weighted by Gasteiger charge is 2.28. The molecule has 5 rings (SSSR count). The minimum absolute atomic E-state index is 0.151. The van der Waals surface area contributed by atoms with Gasteiger partial charge in [-0.1, -0.05) is 66.2 Å². The van der Waals surface area contributed by atoms with Gasteiger partial charge in [-0.2, -0.15) is 4.31 Å². The van der Waals surface area contributed by atoms with Crippen LogP contribution >= 0.6 is 0 Å². The molecule has 4 aromatic rings. The van der Waals surface area contributed by atoms with Gasteiger partial charge >= 0.3 is 0 Å². The minimum atomic E-state index is -3.48. The SMILES string of the molecule is Cc1ccc(S(=O)(=O)N2CCN(Cc3cccc(C(=O)Nc4cccc5ccccc45)c3)CC2)cc1. The number of fused-ring (bicyclic) bond motifs is 1. The van der Waals surface area contributed by atoms with Crippen molar-refractivity contribution in [2.75, 3.05) is 31.5 Å². The fraction of sp³-hybridized carbons (Fsp3) is 0.207. The summed E-state index contributed by atoms with van der Waals surface area (Å²) in [6.45, 7) is 4.76. The van der Waals surface area contributed by atoms with E-state index in [9.17, 15) is 13.2 Å². The molecule has 7 heteroatoms. The highest BCUT2D eigenvalue weighted by molar-refractivity contribution is 7.89. The fourth-order valence-electron chi connectivity index (χ4n) is 4.59. The molecule has 1 saturated heterocycles. The van der Waals surface area contributed by atoms with E-state index in [1.807, 2.05) is 85.8 Å². The van der Waals surface area contributed by atoms with Gasteiger partial charge in [0.05, 0.1) is 4.90 Å². The molecule has 184 valence electrons. The van der Waals surface area contributed by atoms with Crippen LogP contribution in [-0.2, 0) is 16.6 Å². The maximum Gasteiger partial charge on any atom is 0.255 e. The van der Waals surface area contributed by atoms with Crippen molar-refractivity contribution in [2.24, 2.45) is 0 Å². The first kappa shape index (κ1) is 24.2. The Morgan fingerprint density at radius 3 is 2.31 bits per heavy atom. The van der Waals surface area contributed by atoms with Gasteiger partial charge in [0.15, 0.2) is 0 Å². The van der Waals surface area contributed by atoms with Crippen LogP contribution in [0.4, 0.5) is 5.69 Å². The number of nitrogens with one attached hydrogen (secondary N) is 1. The molecule has 0 unspecified atom stereocenters. The van der Waals surface area contributed by atoms with Gasteiger partial charge in [-0.15, -0.1) is 0 Å². The molecule has 6 nitrogen and oxygen atoms in total. The van der Waals surface area contributed by atoms with Gasteiger partial charge in [0.25, 0.3) is 5.91 Å². The number of anilines is 1. The molecule has 4 aromatic carbocycles. The molecule has 1 aliphatic heterocycles. The Balaban J connectivity index is 1.22. The van der Waals surface area contributed by atoms with Gasteiger partial charge < -0.3 is 5.32 Å². The van der Waals surface area contributed by atoms with Crippen molar-refractivity contribution >= 4 is 32.4 Å². The lowest BCUT2D eigenvalue weighted by Crippen LogP contribution is -2.48. The molecule has 1 aliphatic rings. The van der Waals surface area contributed by atoms with E-state index in [2.05, 4.69) is 10.2 Å². The summed E-state index contributed by atoms with van der Waals surface area (Å²) in [5.74, 6) is -0.151. The molecule has 0 radical (unpaired) electrons. The van der Waals surface area contributed by atoms with Crippen molar-refractivity contribution in [2.45, 2.75) is 18.4 Å². The average Bonchev–Trinajstić information content (AvgIpc) is 2.90. The second kappa shape index (κ2) is 10.2. The third kappa shape index (κ3) is 5.18. The first-order valence-electron chi connectivity index (χ1n) is 12.1. The van der Waals surface area contributed by atoms with Crippen molar-refractivity contribution in [3.8, 4) is 0 Å². The van der Waals surface area contributed by atoms with Gasteiger partial charge in [0, 0.05) is 49.4 Å². The van der Waals surface area contributed by atoms with Crippen LogP contribution in [0.5, 0.6) is 0 Å². The van der Waals surface area contributed by atoms with Crippen LogP contribution in [0.1, 0.15) is 21.5 Å². The van der Waals surface area contributed by atoms with Crippen molar-refractivity contribution in [3.05, 3.63) is 108 Å². The lowest BCUT2D eigenvalue weighted by atomic mass is 10.1. The maximum atomic E-state index is 13.0. The molecule has 0 spiro atoms. The topological polar surface area (TPSA) is 69.7 Å². The molecule has 0 aliphatic carbocycles. The molecular formula is C29H29N3O3S. The maximum absolute atomic E-state index is 13.0. The largest absolute Gasteiger partial charge is 0.321 e. The Morgan fingerprint density at radius 2 is 1.53 bits per heavy atom. The first-order chi connectivity index (χ1) is 17.4. The van der Waals surface area contributed by atoms with E-state index in [0.717, 1.165) is 27.6 Å². The predicted octanol–water partition coefficient (Wildman–Crippen LogP) is 4.91. The van der Waals surface area contributed by atoms with E-state index < -0.39 is 10.0 Å². The summed E-state index contributed by atoms with van der Waals surface area (Å²) in [7, 11) is -3.48.